The first kappa shape index (κ1) is 51.6. The van der Waals surface area contributed by atoms with Gasteiger partial charge in [0.2, 0.25) is 0 Å². The lowest BCUT2D eigenvalue weighted by atomic mass is 10.1. The highest BCUT2D eigenvalue weighted by atomic mass is 16.6. The van der Waals surface area contributed by atoms with E-state index in [2.05, 4.69) is 75.5 Å². The van der Waals surface area contributed by atoms with Gasteiger partial charge < -0.3 is 14.2 Å². The Morgan fingerprint density at radius 2 is 0.870 bits per heavy atom. The zero-order chi connectivity index (χ0) is 39.3. The molecule has 5 nitrogen and oxygen atoms in total. The third-order valence-electron chi connectivity index (χ3n) is 9.55. The van der Waals surface area contributed by atoms with Gasteiger partial charge in [-0.05, 0) is 70.6 Å². The van der Waals surface area contributed by atoms with E-state index in [1.54, 1.807) is 0 Å². The molecule has 0 fully saturated rings. The number of esters is 2. The van der Waals surface area contributed by atoms with Gasteiger partial charge in [0.25, 0.3) is 0 Å². The number of carbonyl (C=O) groups is 2. The maximum Gasteiger partial charge on any atom is 0.306 e. The highest BCUT2D eigenvalue weighted by Crippen LogP contribution is 2.13. The summed E-state index contributed by atoms with van der Waals surface area (Å²) in [6.07, 6.45) is 55.2. The molecule has 0 aliphatic carbocycles. The highest BCUT2D eigenvalue weighted by molar-refractivity contribution is 5.70. The van der Waals surface area contributed by atoms with E-state index in [0.717, 1.165) is 64.2 Å². The lowest BCUT2D eigenvalue weighted by Crippen LogP contribution is -2.30. The minimum atomic E-state index is -0.573. The molecule has 0 aromatic heterocycles. The molecule has 312 valence electrons. The van der Waals surface area contributed by atoms with Crippen LogP contribution in [0, 0.1) is 0 Å². The van der Waals surface area contributed by atoms with E-state index in [-0.39, 0.29) is 25.2 Å². The maximum atomic E-state index is 12.7. The number of hydrogen-bond acceptors (Lipinski definition) is 5. The summed E-state index contributed by atoms with van der Waals surface area (Å²) < 4.78 is 17.2. The van der Waals surface area contributed by atoms with Gasteiger partial charge in [-0.15, -0.1) is 0 Å². The molecule has 5 heteroatoms. The summed E-state index contributed by atoms with van der Waals surface area (Å²) in [6, 6.07) is 0. The lowest BCUT2D eigenvalue weighted by Gasteiger charge is -2.18. The van der Waals surface area contributed by atoms with Crippen molar-refractivity contribution in [3.05, 3.63) is 60.8 Å². The van der Waals surface area contributed by atoms with Crippen LogP contribution in [0.4, 0.5) is 0 Å². The van der Waals surface area contributed by atoms with Crippen LogP contribution in [0.5, 0.6) is 0 Å². The SMILES string of the molecule is CC/C=C\C/C=C\C/C=C\C/C=C\CCC(=O)OC(COCCCCCCCCCCCC)COC(=O)CCCCCCC/C=C\CCCCCCCC. The van der Waals surface area contributed by atoms with Gasteiger partial charge in [0, 0.05) is 19.4 Å². The molecule has 0 aliphatic heterocycles. The van der Waals surface area contributed by atoms with E-state index in [0.29, 0.717) is 25.9 Å². The topological polar surface area (TPSA) is 61.8 Å². The van der Waals surface area contributed by atoms with Crippen LogP contribution in [0.2, 0.25) is 0 Å². The van der Waals surface area contributed by atoms with Crippen molar-refractivity contribution < 1.29 is 23.8 Å². The van der Waals surface area contributed by atoms with Crippen molar-refractivity contribution in [1.29, 1.82) is 0 Å². The Morgan fingerprint density at radius 1 is 0.426 bits per heavy atom. The summed E-state index contributed by atoms with van der Waals surface area (Å²) in [6.45, 7) is 7.62. The zero-order valence-electron chi connectivity index (χ0n) is 35.7. The summed E-state index contributed by atoms with van der Waals surface area (Å²) in [5.74, 6) is -0.499. The van der Waals surface area contributed by atoms with E-state index in [4.69, 9.17) is 14.2 Å². The molecule has 0 rings (SSSR count). The number of carbonyl (C=O) groups excluding carboxylic acids is 2. The van der Waals surface area contributed by atoms with Crippen molar-refractivity contribution in [2.24, 2.45) is 0 Å². The lowest BCUT2D eigenvalue weighted by molar-refractivity contribution is -0.162. The molecule has 0 aliphatic rings. The van der Waals surface area contributed by atoms with Crippen LogP contribution >= 0.6 is 0 Å². The monoisotopic (exact) mass is 755 g/mol. The molecule has 0 aromatic rings. The Labute approximate surface area is 334 Å². The van der Waals surface area contributed by atoms with Gasteiger partial charge in [-0.3, -0.25) is 9.59 Å². The minimum absolute atomic E-state index is 0.0532. The first-order valence-electron chi connectivity index (χ1n) is 22.8. The smallest absolute Gasteiger partial charge is 0.306 e. The Kier molecular flexibility index (Phi) is 43.0. The first-order chi connectivity index (χ1) is 26.6. The molecule has 0 N–H and O–H groups in total. The molecule has 0 amide bonds. The number of unbranched alkanes of at least 4 members (excludes halogenated alkanes) is 20. The van der Waals surface area contributed by atoms with Crippen molar-refractivity contribution in [2.45, 2.75) is 219 Å². The standard InChI is InChI=1S/C49H86O5/c1-4-7-10-13-16-19-22-24-25-27-28-30-33-36-39-42-48(50)53-46-47(45-52-44-41-38-35-32-21-18-15-12-9-6-3)54-49(51)43-40-37-34-31-29-26-23-20-17-14-11-8-5-2/h8,11,17,20,24-26,29,34,37,47H,4-7,9-10,12-16,18-19,21-23,27-28,30-33,35-36,38-46H2,1-3H3/b11-8-,20-17-,25-24-,29-26-,37-34-. The summed E-state index contributed by atoms with van der Waals surface area (Å²) in [5, 5.41) is 0. The van der Waals surface area contributed by atoms with Gasteiger partial charge in [0.1, 0.15) is 6.61 Å². The predicted molar refractivity (Wildman–Crippen MR) is 233 cm³/mol. The Hall–Kier alpha value is -2.40. The third-order valence-corrected chi connectivity index (χ3v) is 9.55. The van der Waals surface area contributed by atoms with Crippen molar-refractivity contribution in [3.8, 4) is 0 Å². The average Bonchev–Trinajstić information content (AvgIpc) is 3.17. The molecule has 0 radical (unpaired) electrons. The van der Waals surface area contributed by atoms with Crippen LogP contribution in [0.3, 0.4) is 0 Å². The summed E-state index contributed by atoms with van der Waals surface area (Å²) >= 11 is 0. The number of ether oxygens (including phenoxy) is 3. The number of allylic oxidation sites excluding steroid dienone is 10. The van der Waals surface area contributed by atoms with Gasteiger partial charge in [0.15, 0.2) is 6.10 Å². The largest absolute Gasteiger partial charge is 0.462 e. The molecule has 0 bridgehead atoms. The summed E-state index contributed by atoms with van der Waals surface area (Å²) in [7, 11) is 0. The fourth-order valence-electron chi connectivity index (χ4n) is 6.16. The maximum absolute atomic E-state index is 12.7. The van der Waals surface area contributed by atoms with Gasteiger partial charge in [-0.1, -0.05) is 191 Å². The second-order valence-corrected chi connectivity index (χ2v) is 14.9. The molecule has 0 saturated heterocycles. The van der Waals surface area contributed by atoms with Gasteiger partial charge in [0.05, 0.1) is 6.61 Å². The van der Waals surface area contributed by atoms with Crippen molar-refractivity contribution >= 4 is 11.9 Å². The third kappa shape index (κ3) is 42.3. The minimum Gasteiger partial charge on any atom is -0.462 e. The average molecular weight is 755 g/mol. The summed E-state index contributed by atoms with van der Waals surface area (Å²) in [5.41, 5.74) is 0. The fraction of sp³-hybridized carbons (Fsp3) is 0.755. The Balaban J connectivity index is 4.34. The molecule has 0 spiro atoms. The predicted octanol–water partition coefficient (Wildman–Crippen LogP) is 15.0. The van der Waals surface area contributed by atoms with Crippen LogP contribution in [0.25, 0.3) is 0 Å². The van der Waals surface area contributed by atoms with Crippen LogP contribution in [0.15, 0.2) is 60.8 Å². The van der Waals surface area contributed by atoms with Crippen molar-refractivity contribution in [2.75, 3.05) is 19.8 Å². The molecule has 0 heterocycles. The van der Waals surface area contributed by atoms with Crippen LogP contribution in [0.1, 0.15) is 213 Å². The molecule has 54 heavy (non-hydrogen) atoms. The molecular weight excluding hydrogens is 669 g/mol. The second-order valence-electron chi connectivity index (χ2n) is 14.9. The van der Waals surface area contributed by atoms with Crippen molar-refractivity contribution in [3.63, 3.8) is 0 Å². The molecule has 1 unspecified atom stereocenters. The summed E-state index contributed by atoms with van der Waals surface area (Å²) in [4.78, 5) is 25.2. The van der Waals surface area contributed by atoms with E-state index in [1.165, 1.54) is 109 Å². The Morgan fingerprint density at radius 3 is 1.41 bits per heavy atom. The van der Waals surface area contributed by atoms with E-state index >= 15 is 0 Å². The highest BCUT2D eigenvalue weighted by Gasteiger charge is 2.17. The van der Waals surface area contributed by atoms with Gasteiger partial charge in [-0.2, -0.15) is 0 Å². The van der Waals surface area contributed by atoms with Crippen molar-refractivity contribution in [1.82, 2.24) is 0 Å². The van der Waals surface area contributed by atoms with Gasteiger partial charge >= 0.3 is 11.9 Å². The first-order valence-corrected chi connectivity index (χ1v) is 22.8. The second kappa shape index (κ2) is 45.0. The van der Waals surface area contributed by atoms with Crippen LogP contribution < -0.4 is 0 Å². The van der Waals surface area contributed by atoms with Crippen LogP contribution in [-0.4, -0.2) is 37.9 Å². The van der Waals surface area contributed by atoms with Gasteiger partial charge in [-0.25, -0.2) is 0 Å². The number of rotatable bonds is 41. The number of hydrogen-bond donors (Lipinski definition) is 0. The molecule has 1 atom stereocenters. The van der Waals surface area contributed by atoms with E-state index < -0.39 is 6.10 Å². The quantitative estimate of drug-likeness (QED) is 0.0353. The normalized spacial score (nSPS) is 12.7. The molecular formula is C49H86O5. The van der Waals surface area contributed by atoms with Crippen LogP contribution in [-0.2, 0) is 23.8 Å². The van der Waals surface area contributed by atoms with E-state index in [9.17, 15) is 9.59 Å². The fourth-order valence-corrected chi connectivity index (χ4v) is 6.16. The Bertz CT molecular complexity index is 946. The zero-order valence-corrected chi connectivity index (χ0v) is 35.7. The molecule has 0 aromatic carbocycles. The van der Waals surface area contributed by atoms with E-state index in [1.807, 2.05) is 6.08 Å². The molecule has 0 saturated carbocycles.